The van der Waals surface area contributed by atoms with Gasteiger partial charge in [-0.2, -0.15) is 0 Å². The number of carbonyl (C=O) groups is 1. The second-order valence-electron chi connectivity index (χ2n) is 4.90. The van der Waals surface area contributed by atoms with Crippen molar-refractivity contribution in [3.63, 3.8) is 0 Å². The first-order chi connectivity index (χ1) is 7.66. The van der Waals surface area contributed by atoms with E-state index in [1.54, 1.807) is 0 Å². The topological polar surface area (TPSA) is 55.8 Å². The number of likely N-dealkylation sites (tertiary alicyclic amines) is 1. The van der Waals surface area contributed by atoms with Crippen LogP contribution in [0.5, 0.6) is 0 Å². The lowest BCUT2D eigenvalue weighted by molar-refractivity contribution is -0.141. The molecule has 2 saturated heterocycles. The Hall–Kier alpha value is -0.650. The quantitative estimate of drug-likeness (QED) is 0.662. The predicted molar refractivity (Wildman–Crippen MR) is 61.5 cm³/mol. The molecule has 0 aromatic rings. The highest BCUT2D eigenvalue weighted by molar-refractivity contribution is 5.73. The van der Waals surface area contributed by atoms with Crippen LogP contribution >= 0.6 is 0 Å². The molecule has 0 radical (unpaired) electrons. The smallest absolute Gasteiger partial charge is 0.322 e. The molecule has 2 fully saturated rings. The second kappa shape index (κ2) is 5.12. The van der Waals surface area contributed by atoms with Gasteiger partial charge in [-0.3, -0.25) is 9.69 Å². The highest BCUT2D eigenvalue weighted by atomic mass is 16.4. The third-order valence-electron chi connectivity index (χ3n) is 3.62. The second-order valence-corrected chi connectivity index (χ2v) is 4.90. The molecule has 0 aromatic heterocycles. The molecule has 0 bridgehead atoms. The molecule has 2 N–H and O–H groups in total. The number of likely N-dealkylation sites (N-methyl/N-ethyl adjacent to an activating group) is 1. The number of aliphatic carboxylic acids is 1. The summed E-state index contributed by atoms with van der Waals surface area (Å²) in [6.45, 7) is 4.66. The van der Waals surface area contributed by atoms with E-state index >= 15 is 0 Å². The Morgan fingerprint density at radius 1 is 1.38 bits per heavy atom. The first-order valence-corrected chi connectivity index (χ1v) is 6.05. The monoisotopic (exact) mass is 227 g/mol. The maximum Gasteiger partial charge on any atom is 0.322 e. The molecule has 0 spiro atoms. The van der Waals surface area contributed by atoms with Crippen molar-refractivity contribution in [2.75, 3.05) is 39.8 Å². The fourth-order valence-electron chi connectivity index (χ4n) is 2.71. The molecular weight excluding hydrogens is 206 g/mol. The summed E-state index contributed by atoms with van der Waals surface area (Å²) in [6, 6.07) is 0.156. The van der Waals surface area contributed by atoms with Gasteiger partial charge in [0, 0.05) is 32.2 Å². The zero-order valence-electron chi connectivity index (χ0n) is 9.85. The lowest BCUT2D eigenvalue weighted by Gasteiger charge is -2.41. The van der Waals surface area contributed by atoms with Crippen LogP contribution in [0, 0.1) is 0 Å². The minimum absolute atomic E-state index is 0.388. The van der Waals surface area contributed by atoms with Crippen LogP contribution in [0.1, 0.15) is 12.8 Å². The fourth-order valence-corrected chi connectivity index (χ4v) is 2.71. The summed E-state index contributed by atoms with van der Waals surface area (Å²) >= 11 is 0. The first kappa shape index (κ1) is 11.8. The number of piperidine rings is 1. The minimum atomic E-state index is -0.728. The van der Waals surface area contributed by atoms with Crippen molar-refractivity contribution in [2.24, 2.45) is 0 Å². The van der Waals surface area contributed by atoms with Crippen LogP contribution in [0.3, 0.4) is 0 Å². The Bertz CT molecular complexity index is 260. The maximum absolute atomic E-state index is 10.9. The minimum Gasteiger partial charge on any atom is -0.480 e. The lowest BCUT2D eigenvalue weighted by atomic mass is 10.0. The predicted octanol–water partition coefficient (Wildman–Crippen LogP) is -0.561. The van der Waals surface area contributed by atoms with Crippen molar-refractivity contribution < 1.29 is 9.90 Å². The Labute approximate surface area is 96.4 Å². The third kappa shape index (κ3) is 2.72. The number of hydrogen-bond acceptors (Lipinski definition) is 4. The van der Waals surface area contributed by atoms with E-state index in [-0.39, 0.29) is 6.04 Å². The Morgan fingerprint density at radius 2 is 2.19 bits per heavy atom. The van der Waals surface area contributed by atoms with Gasteiger partial charge in [0.15, 0.2) is 0 Å². The van der Waals surface area contributed by atoms with Crippen LogP contribution in [0.4, 0.5) is 0 Å². The summed E-state index contributed by atoms with van der Waals surface area (Å²) in [5.41, 5.74) is 0. The van der Waals surface area contributed by atoms with Crippen molar-refractivity contribution in [1.82, 2.24) is 15.1 Å². The molecule has 0 saturated carbocycles. The summed E-state index contributed by atoms with van der Waals surface area (Å²) in [5, 5.41) is 12.1. The van der Waals surface area contributed by atoms with Crippen LogP contribution in [0.25, 0.3) is 0 Å². The van der Waals surface area contributed by atoms with Gasteiger partial charge < -0.3 is 15.3 Å². The SMILES string of the molecule is CN1CCCC(N2CCNC(C(=O)O)C2)C1. The largest absolute Gasteiger partial charge is 0.480 e. The van der Waals surface area contributed by atoms with Gasteiger partial charge in [0.05, 0.1) is 0 Å². The van der Waals surface area contributed by atoms with Gasteiger partial charge in [-0.1, -0.05) is 0 Å². The molecule has 0 aliphatic carbocycles. The van der Waals surface area contributed by atoms with E-state index in [9.17, 15) is 4.79 Å². The molecule has 16 heavy (non-hydrogen) atoms. The number of carboxylic acids is 1. The van der Waals surface area contributed by atoms with Crippen LogP contribution in [-0.4, -0.2) is 72.7 Å². The molecule has 5 nitrogen and oxygen atoms in total. The van der Waals surface area contributed by atoms with Crippen molar-refractivity contribution in [2.45, 2.75) is 24.9 Å². The fraction of sp³-hybridized carbons (Fsp3) is 0.909. The summed E-state index contributed by atoms with van der Waals surface area (Å²) in [5.74, 6) is -0.728. The van der Waals surface area contributed by atoms with Gasteiger partial charge in [-0.05, 0) is 26.4 Å². The molecule has 2 aliphatic heterocycles. The molecular formula is C11H21N3O2. The Balaban J connectivity index is 1.90. The van der Waals surface area contributed by atoms with Gasteiger partial charge in [0.25, 0.3) is 0 Å². The molecule has 2 rings (SSSR count). The van der Waals surface area contributed by atoms with E-state index in [4.69, 9.17) is 5.11 Å². The molecule has 2 atom stereocenters. The van der Waals surface area contributed by atoms with Crippen LogP contribution in [0.15, 0.2) is 0 Å². The number of carboxylic acid groups (broad SMARTS) is 1. The Morgan fingerprint density at radius 3 is 2.88 bits per heavy atom. The summed E-state index contributed by atoms with van der Waals surface area (Å²) in [4.78, 5) is 15.6. The van der Waals surface area contributed by atoms with Crippen molar-refractivity contribution in [3.05, 3.63) is 0 Å². The molecule has 2 unspecified atom stereocenters. The highest BCUT2D eigenvalue weighted by Crippen LogP contribution is 2.16. The summed E-state index contributed by atoms with van der Waals surface area (Å²) in [6.07, 6.45) is 2.43. The zero-order chi connectivity index (χ0) is 11.5. The van der Waals surface area contributed by atoms with Gasteiger partial charge in [0.2, 0.25) is 0 Å². The number of rotatable bonds is 2. The van der Waals surface area contributed by atoms with E-state index < -0.39 is 5.97 Å². The molecule has 2 aliphatic rings. The number of hydrogen-bond donors (Lipinski definition) is 2. The normalized spacial score (nSPS) is 33.8. The molecule has 2 heterocycles. The standard InChI is InChI=1S/C11H21N3O2/c1-13-5-2-3-9(7-13)14-6-4-12-10(8-14)11(15)16/h9-10,12H,2-8H2,1H3,(H,15,16). The third-order valence-corrected chi connectivity index (χ3v) is 3.62. The molecule has 92 valence electrons. The van der Waals surface area contributed by atoms with Crippen LogP contribution in [0.2, 0.25) is 0 Å². The highest BCUT2D eigenvalue weighted by Gasteiger charge is 2.30. The number of nitrogens with one attached hydrogen (secondary N) is 1. The number of nitrogens with zero attached hydrogens (tertiary/aromatic N) is 2. The van der Waals surface area contributed by atoms with E-state index in [2.05, 4.69) is 22.2 Å². The zero-order valence-corrected chi connectivity index (χ0v) is 9.85. The van der Waals surface area contributed by atoms with Gasteiger partial charge in [-0.15, -0.1) is 0 Å². The number of piperazine rings is 1. The summed E-state index contributed by atoms with van der Waals surface area (Å²) < 4.78 is 0. The first-order valence-electron chi connectivity index (χ1n) is 6.05. The van der Waals surface area contributed by atoms with Crippen LogP contribution < -0.4 is 5.32 Å². The maximum atomic E-state index is 10.9. The molecule has 0 amide bonds. The van der Waals surface area contributed by atoms with Gasteiger partial charge in [-0.25, -0.2) is 0 Å². The average molecular weight is 227 g/mol. The van der Waals surface area contributed by atoms with Crippen molar-refractivity contribution in [1.29, 1.82) is 0 Å². The van der Waals surface area contributed by atoms with E-state index in [0.29, 0.717) is 12.6 Å². The van der Waals surface area contributed by atoms with E-state index in [1.165, 1.54) is 19.4 Å². The van der Waals surface area contributed by atoms with Gasteiger partial charge in [0.1, 0.15) is 6.04 Å². The lowest BCUT2D eigenvalue weighted by Crippen LogP contribution is -2.59. The molecule has 0 aromatic carbocycles. The Kier molecular flexibility index (Phi) is 3.78. The molecule has 5 heteroatoms. The van der Waals surface area contributed by atoms with Crippen molar-refractivity contribution in [3.8, 4) is 0 Å². The van der Waals surface area contributed by atoms with Crippen LogP contribution in [-0.2, 0) is 4.79 Å². The summed E-state index contributed by atoms with van der Waals surface area (Å²) in [7, 11) is 2.14. The van der Waals surface area contributed by atoms with E-state index in [1.807, 2.05) is 0 Å². The van der Waals surface area contributed by atoms with Crippen molar-refractivity contribution >= 4 is 5.97 Å². The average Bonchev–Trinajstić information content (AvgIpc) is 2.29. The van der Waals surface area contributed by atoms with Gasteiger partial charge >= 0.3 is 5.97 Å². The van der Waals surface area contributed by atoms with E-state index in [0.717, 1.165) is 19.6 Å².